The third-order valence-corrected chi connectivity index (χ3v) is 7.15. The Morgan fingerprint density at radius 2 is 1.39 bits per heavy atom. The van der Waals surface area contributed by atoms with Gasteiger partial charge in [-0.15, -0.1) is 0 Å². The second-order valence-corrected chi connectivity index (χ2v) is 15.4. The van der Waals surface area contributed by atoms with Gasteiger partial charge in [0.1, 0.15) is 6.04 Å². The molecule has 0 aromatic carbocycles. The number of carbonyl (C=O) groups is 4. The molecule has 9 heteroatoms. The highest BCUT2D eigenvalue weighted by atomic mass is 16.5. The quantitative estimate of drug-likeness (QED) is 0.163. The Balaban J connectivity index is 4.45. The van der Waals surface area contributed by atoms with Gasteiger partial charge in [-0.05, 0) is 55.8 Å². The molecular weight excluding hydrogens is 522 g/mol. The van der Waals surface area contributed by atoms with Gasteiger partial charge in [-0.3, -0.25) is 14.4 Å². The van der Waals surface area contributed by atoms with Crippen LogP contribution in [0.1, 0.15) is 122 Å². The van der Waals surface area contributed by atoms with Gasteiger partial charge in [-0.2, -0.15) is 0 Å². The maximum absolute atomic E-state index is 12.8. The number of carbonyl (C=O) groups excluding carboxylic acids is 3. The van der Waals surface area contributed by atoms with Crippen LogP contribution in [0.4, 0.5) is 0 Å². The summed E-state index contributed by atoms with van der Waals surface area (Å²) < 4.78 is 5.90. The molecule has 0 saturated heterocycles. The van der Waals surface area contributed by atoms with Crippen molar-refractivity contribution >= 4 is 23.7 Å². The number of hydrogen-bond acceptors (Lipinski definition) is 5. The normalized spacial score (nSPS) is 14.4. The van der Waals surface area contributed by atoms with Crippen LogP contribution < -0.4 is 16.0 Å². The van der Waals surface area contributed by atoms with E-state index in [0.29, 0.717) is 44.9 Å². The number of amides is 3. The fourth-order valence-electron chi connectivity index (χ4n) is 5.27. The molecular formula is C32H61N3O6. The molecule has 0 aromatic heterocycles. The van der Waals surface area contributed by atoms with Gasteiger partial charge in [-0.25, -0.2) is 4.79 Å². The first-order chi connectivity index (χ1) is 18.5. The third-order valence-electron chi connectivity index (χ3n) is 7.15. The number of aliphatic carboxylic acids is 1. The first-order valence-corrected chi connectivity index (χ1v) is 15.2. The van der Waals surface area contributed by atoms with Crippen molar-refractivity contribution in [3.05, 3.63) is 0 Å². The maximum Gasteiger partial charge on any atom is 0.326 e. The first kappa shape index (κ1) is 38.8. The van der Waals surface area contributed by atoms with Gasteiger partial charge >= 0.3 is 5.97 Å². The average molecular weight is 584 g/mol. The van der Waals surface area contributed by atoms with Gasteiger partial charge in [0.2, 0.25) is 17.7 Å². The highest BCUT2D eigenvalue weighted by Gasteiger charge is 2.33. The predicted octanol–water partition coefficient (Wildman–Crippen LogP) is 5.31. The second kappa shape index (κ2) is 16.5. The third kappa shape index (κ3) is 17.4. The molecule has 0 spiro atoms. The molecule has 0 aromatic rings. The van der Waals surface area contributed by atoms with E-state index in [1.165, 1.54) is 0 Å². The Bertz CT molecular complexity index is 858. The number of ether oxygens (including phenoxy) is 1. The Kier molecular flexibility index (Phi) is 15.6. The Morgan fingerprint density at radius 3 is 1.90 bits per heavy atom. The molecule has 41 heavy (non-hydrogen) atoms. The Hall–Kier alpha value is -2.16. The summed E-state index contributed by atoms with van der Waals surface area (Å²) in [6, 6.07) is -1.12. The highest BCUT2D eigenvalue weighted by Crippen LogP contribution is 2.33. The number of carboxylic acid groups (broad SMARTS) is 1. The van der Waals surface area contributed by atoms with Crippen molar-refractivity contribution in [2.45, 2.75) is 134 Å². The molecule has 0 fully saturated rings. The lowest BCUT2D eigenvalue weighted by molar-refractivity contribution is -0.144. The minimum Gasteiger partial charge on any atom is -0.480 e. The van der Waals surface area contributed by atoms with E-state index in [0.717, 1.165) is 6.42 Å². The van der Waals surface area contributed by atoms with Gasteiger partial charge in [0.05, 0.1) is 6.10 Å². The van der Waals surface area contributed by atoms with E-state index in [-0.39, 0.29) is 47.5 Å². The second-order valence-electron chi connectivity index (χ2n) is 15.4. The van der Waals surface area contributed by atoms with E-state index in [9.17, 15) is 24.3 Å². The zero-order chi connectivity index (χ0) is 32.2. The summed E-state index contributed by atoms with van der Waals surface area (Å²) in [4.78, 5) is 49.4. The molecule has 0 saturated carbocycles. The molecule has 9 nitrogen and oxygen atoms in total. The van der Waals surface area contributed by atoms with Crippen molar-refractivity contribution in [2.75, 3.05) is 19.7 Å². The highest BCUT2D eigenvalue weighted by molar-refractivity contribution is 5.87. The molecule has 3 amide bonds. The summed E-state index contributed by atoms with van der Waals surface area (Å²) in [7, 11) is 0. The van der Waals surface area contributed by atoms with Crippen molar-refractivity contribution in [3.8, 4) is 0 Å². The van der Waals surface area contributed by atoms with Gasteiger partial charge in [0, 0.05) is 36.9 Å². The SMILES string of the molecule is CC(C)CC(C)(C)C(=O)NC(CCC(=O)NCCC(C)OCCC(C)(C)C(=O)NCC(C)(C)CC(C)(C)C)C(=O)O. The average Bonchev–Trinajstić information content (AvgIpc) is 2.77. The molecule has 0 rings (SSSR count). The van der Waals surface area contributed by atoms with E-state index in [1.807, 2.05) is 34.6 Å². The molecule has 0 bridgehead atoms. The number of nitrogens with one attached hydrogen (secondary N) is 3. The van der Waals surface area contributed by atoms with Crippen LogP contribution in [0.15, 0.2) is 0 Å². The monoisotopic (exact) mass is 583 g/mol. The minimum absolute atomic E-state index is 0.00623. The molecule has 4 N–H and O–H groups in total. The van der Waals surface area contributed by atoms with Crippen LogP contribution in [0.25, 0.3) is 0 Å². The van der Waals surface area contributed by atoms with Crippen molar-refractivity contribution in [1.29, 1.82) is 0 Å². The van der Waals surface area contributed by atoms with Crippen LogP contribution in [0, 0.1) is 27.6 Å². The zero-order valence-electron chi connectivity index (χ0n) is 28.1. The molecule has 0 aliphatic carbocycles. The summed E-state index contributed by atoms with van der Waals surface area (Å²) in [5.74, 6) is -1.44. The van der Waals surface area contributed by atoms with Crippen LogP contribution in [0.5, 0.6) is 0 Å². The van der Waals surface area contributed by atoms with Crippen molar-refractivity contribution in [1.82, 2.24) is 16.0 Å². The van der Waals surface area contributed by atoms with Crippen LogP contribution in [-0.4, -0.2) is 60.6 Å². The smallest absolute Gasteiger partial charge is 0.326 e. The fourth-order valence-corrected chi connectivity index (χ4v) is 5.27. The van der Waals surface area contributed by atoms with E-state index >= 15 is 0 Å². The standard InChI is InChI=1S/C32H61N3O6/c1-22(2)19-32(11,12)28(40)35-24(26(37)38)13-14-25(36)33-17-15-23(3)41-18-16-31(9,10)27(39)34-21-30(7,8)20-29(4,5)6/h22-24H,13-21H2,1-12H3,(H,33,36)(H,34,39)(H,35,40)(H,37,38). The molecule has 2 atom stereocenters. The number of rotatable bonds is 19. The van der Waals surface area contributed by atoms with E-state index < -0.39 is 22.8 Å². The topological polar surface area (TPSA) is 134 Å². The molecule has 0 aliphatic rings. The lowest BCUT2D eigenvalue weighted by Gasteiger charge is -2.34. The minimum atomic E-state index is -1.15. The summed E-state index contributed by atoms with van der Waals surface area (Å²) in [6.07, 6.45) is 2.69. The van der Waals surface area contributed by atoms with Gasteiger partial charge in [-0.1, -0.05) is 76.2 Å². The Morgan fingerprint density at radius 1 is 0.805 bits per heavy atom. The molecule has 240 valence electrons. The summed E-state index contributed by atoms with van der Waals surface area (Å²) in [5, 5.41) is 18.0. The molecule has 0 radical (unpaired) electrons. The van der Waals surface area contributed by atoms with E-state index in [4.69, 9.17) is 4.74 Å². The lowest BCUT2D eigenvalue weighted by atomic mass is 9.76. The lowest BCUT2D eigenvalue weighted by Crippen LogP contribution is -2.47. The van der Waals surface area contributed by atoms with E-state index in [2.05, 4.69) is 50.6 Å². The maximum atomic E-state index is 12.8. The van der Waals surface area contributed by atoms with Crippen molar-refractivity contribution in [2.24, 2.45) is 27.6 Å². The molecule has 0 aliphatic heterocycles. The van der Waals surface area contributed by atoms with Crippen LogP contribution >= 0.6 is 0 Å². The number of hydrogen-bond donors (Lipinski definition) is 4. The summed E-state index contributed by atoms with van der Waals surface area (Å²) >= 11 is 0. The summed E-state index contributed by atoms with van der Waals surface area (Å²) in [6.45, 7) is 25.8. The predicted molar refractivity (Wildman–Crippen MR) is 164 cm³/mol. The molecule has 0 heterocycles. The van der Waals surface area contributed by atoms with Gasteiger partial charge in [0.25, 0.3) is 0 Å². The largest absolute Gasteiger partial charge is 0.480 e. The van der Waals surface area contributed by atoms with Gasteiger partial charge < -0.3 is 25.8 Å². The van der Waals surface area contributed by atoms with Crippen molar-refractivity contribution < 1.29 is 29.0 Å². The van der Waals surface area contributed by atoms with Crippen molar-refractivity contribution in [3.63, 3.8) is 0 Å². The first-order valence-electron chi connectivity index (χ1n) is 15.2. The number of carboxylic acids is 1. The van der Waals surface area contributed by atoms with Gasteiger partial charge in [0.15, 0.2) is 0 Å². The molecule has 2 unspecified atom stereocenters. The zero-order valence-corrected chi connectivity index (χ0v) is 28.1. The Labute approximate surface area is 249 Å². The van der Waals surface area contributed by atoms with Crippen LogP contribution in [0.3, 0.4) is 0 Å². The van der Waals surface area contributed by atoms with Crippen LogP contribution in [-0.2, 0) is 23.9 Å². The fraction of sp³-hybridized carbons (Fsp3) is 0.875. The van der Waals surface area contributed by atoms with E-state index in [1.54, 1.807) is 13.8 Å². The summed E-state index contributed by atoms with van der Waals surface area (Å²) in [5.41, 5.74) is -1.06. The van der Waals surface area contributed by atoms with Crippen LogP contribution in [0.2, 0.25) is 0 Å².